The van der Waals surface area contributed by atoms with Gasteiger partial charge in [-0.25, -0.2) is 4.68 Å². The summed E-state index contributed by atoms with van der Waals surface area (Å²) in [4.78, 5) is 43.0. The second-order valence-corrected chi connectivity index (χ2v) is 9.85. The number of rotatable bonds is 4. The zero-order valence-corrected chi connectivity index (χ0v) is 19.4. The van der Waals surface area contributed by atoms with E-state index in [-0.39, 0.29) is 29.2 Å². The number of fused-ring (bicyclic) bond motifs is 1. The molecule has 0 unspecified atom stereocenters. The lowest BCUT2D eigenvalue weighted by molar-refractivity contribution is -0.138. The van der Waals surface area contributed by atoms with E-state index < -0.39 is 0 Å². The van der Waals surface area contributed by atoms with Crippen molar-refractivity contribution in [3.8, 4) is 0 Å². The van der Waals surface area contributed by atoms with Crippen LogP contribution in [0.2, 0.25) is 0 Å². The summed E-state index contributed by atoms with van der Waals surface area (Å²) in [6.07, 6.45) is 3.52. The van der Waals surface area contributed by atoms with Crippen molar-refractivity contribution >= 4 is 22.6 Å². The summed E-state index contributed by atoms with van der Waals surface area (Å²) < 4.78 is 1.42. The van der Waals surface area contributed by atoms with Crippen molar-refractivity contribution in [2.45, 2.75) is 53.0 Å². The second-order valence-electron chi connectivity index (χ2n) is 9.85. The van der Waals surface area contributed by atoms with Gasteiger partial charge >= 0.3 is 0 Å². The van der Waals surface area contributed by atoms with Crippen molar-refractivity contribution in [3.05, 3.63) is 40.3 Å². The summed E-state index contributed by atoms with van der Waals surface area (Å²) in [5.74, 6) is 1.02. The molecule has 0 bridgehead atoms. The number of carbonyl (C=O) groups excluding carboxylic acids is 2. The van der Waals surface area contributed by atoms with Crippen LogP contribution in [0, 0.1) is 17.8 Å². The van der Waals surface area contributed by atoms with E-state index in [0.717, 1.165) is 25.9 Å². The summed E-state index contributed by atoms with van der Waals surface area (Å²) in [5, 5.41) is 5.61. The van der Waals surface area contributed by atoms with Crippen LogP contribution in [0.3, 0.4) is 0 Å². The molecule has 0 aliphatic carbocycles. The van der Waals surface area contributed by atoms with Gasteiger partial charge in [-0.3, -0.25) is 14.4 Å². The van der Waals surface area contributed by atoms with Gasteiger partial charge in [0.05, 0.1) is 5.39 Å². The molecule has 0 spiro atoms. The molecule has 7 nitrogen and oxygen atoms in total. The van der Waals surface area contributed by atoms with Gasteiger partial charge in [0.15, 0.2) is 5.69 Å². The number of hydrogen-bond donors (Lipinski definition) is 0. The number of hydrogen-bond acceptors (Lipinski definition) is 4. The van der Waals surface area contributed by atoms with E-state index in [0.29, 0.717) is 54.9 Å². The highest BCUT2D eigenvalue weighted by molar-refractivity contribution is 6.04. The Labute approximate surface area is 189 Å². The molecule has 4 rings (SSSR count). The second kappa shape index (κ2) is 9.43. The van der Waals surface area contributed by atoms with Gasteiger partial charge in [-0.05, 0) is 43.6 Å². The molecule has 0 radical (unpaired) electrons. The fourth-order valence-electron chi connectivity index (χ4n) is 4.83. The Bertz CT molecular complexity index is 1040. The Morgan fingerprint density at radius 3 is 2.19 bits per heavy atom. The van der Waals surface area contributed by atoms with Gasteiger partial charge in [0.25, 0.3) is 11.5 Å². The molecule has 2 aliphatic heterocycles. The highest BCUT2D eigenvalue weighted by Gasteiger charge is 2.32. The van der Waals surface area contributed by atoms with Gasteiger partial charge in [-0.2, -0.15) is 5.10 Å². The number of aromatic nitrogens is 2. The highest BCUT2D eigenvalue weighted by atomic mass is 16.2. The first-order valence-corrected chi connectivity index (χ1v) is 11.9. The SMILES string of the molecule is CC(C)Cn1nc(C(=O)N2CCC(C(=O)N3CCC(C)CC3)CC2)c2ccccc2c1=O. The lowest BCUT2D eigenvalue weighted by Gasteiger charge is -2.36. The number of likely N-dealkylation sites (tertiary alicyclic amines) is 2. The van der Waals surface area contributed by atoms with Crippen LogP contribution in [0.25, 0.3) is 10.8 Å². The van der Waals surface area contributed by atoms with Gasteiger partial charge in [0.1, 0.15) is 0 Å². The summed E-state index contributed by atoms with van der Waals surface area (Å²) in [6, 6.07) is 7.20. The average molecular weight is 439 g/mol. The number of carbonyl (C=O) groups is 2. The number of amides is 2. The summed E-state index contributed by atoms with van der Waals surface area (Å²) in [5.41, 5.74) is 0.168. The van der Waals surface area contributed by atoms with Crippen molar-refractivity contribution in [2.24, 2.45) is 17.8 Å². The van der Waals surface area contributed by atoms with Crippen molar-refractivity contribution in [1.82, 2.24) is 19.6 Å². The minimum Gasteiger partial charge on any atom is -0.342 e. The third kappa shape index (κ3) is 4.57. The van der Waals surface area contributed by atoms with Gasteiger partial charge in [0.2, 0.25) is 5.91 Å². The topological polar surface area (TPSA) is 75.5 Å². The summed E-state index contributed by atoms with van der Waals surface area (Å²) >= 11 is 0. The monoisotopic (exact) mass is 438 g/mol. The van der Waals surface area contributed by atoms with E-state index in [1.54, 1.807) is 17.0 Å². The third-order valence-electron chi connectivity index (χ3n) is 6.84. The van der Waals surface area contributed by atoms with Crippen LogP contribution in [0.4, 0.5) is 0 Å². The van der Waals surface area contributed by atoms with Crippen molar-refractivity contribution in [3.63, 3.8) is 0 Å². The maximum absolute atomic E-state index is 13.4. The van der Waals surface area contributed by atoms with Crippen LogP contribution in [-0.2, 0) is 11.3 Å². The highest BCUT2D eigenvalue weighted by Crippen LogP contribution is 2.25. The summed E-state index contributed by atoms with van der Waals surface area (Å²) in [6.45, 7) is 9.55. The lowest BCUT2D eigenvalue weighted by Crippen LogP contribution is -2.46. The van der Waals surface area contributed by atoms with E-state index in [1.807, 2.05) is 30.9 Å². The number of benzene rings is 1. The largest absolute Gasteiger partial charge is 0.342 e. The third-order valence-corrected chi connectivity index (χ3v) is 6.84. The Balaban J connectivity index is 1.50. The Morgan fingerprint density at radius 2 is 1.56 bits per heavy atom. The normalized spacial score (nSPS) is 18.5. The molecule has 172 valence electrons. The van der Waals surface area contributed by atoms with Crippen LogP contribution < -0.4 is 5.56 Å². The molecular weight excluding hydrogens is 404 g/mol. The zero-order valence-electron chi connectivity index (χ0n) is 19.4. The molecule has 2 fully saturated rings. The Kier molecular flexibility index (Phi) is 6.63. The van der Waals surface area contributed by atoms with E-state index in [9.17, 15) is 14.4 Å². The molecule has 3 heterocycles. The first kappa shape index (κ1) is 22.5. The fourth-order valence-corrected chi connectivity index (χ4v) is 4.83. The maximum Gasteiger partial charge on any atom is 0.274 e. The van der Waals surface area contributed by atoms with E-state index in [2.05, 4.69) is 12.0 Å². The molecule has 0 N–H and O–H groups in total. The molecule has 32 heavy (non-hydrogen) atoms. The van der Waals surface area contributed by atoms with E-state index >= 15 is 0 Å². The van der Waals surface area contributed by atoms with Crippen molar-refractivity contribution in [2.75, 3.05) is 26.2 Å². The molecule has 2 amide bonds. The van der Waals surface area contributed by atoms with Crippen LogP contribution in [-0.4, -0.2) is 57.6 Å². The fraction of sp³-hybridized carbons (Fsp3) is 0.600. The predicted molar refractivity (Wildman–Crippen MR) is 124 cm³/mol. The quantitative estimate of drug-likeness (QED) is 0.735. The van der Waals surface area contributed by atoms with Gasteiger partial charge in [-0.1, -0.05) is 39.0 Å². The summed E-state index contributed by atoms with van der Waals surface area (Å²) in [7, 11) is 0. The van der Waals surface area contributed by atoms with Gasteiger partial charge in [-0.15, -0.1) is 0 Å². The predicted octanol–water partition coefficient (Wildman–Crippen LogP) is 3.16. The van der Waals surface area contributed by atoms with Crippen LogP contribution in [0.5, 0.6) is 0 Å². The molecule has 7 heteroatoms. The zero-order chi connectivity index (χ0) is 22.8. The van der Waals surface area contributed by atoms with Gasteiger partial charge in [0, 0.05) is 44.0 Å². The van der Waals surface area contributed by atoms with E-state index in [4.69, 9.17) is 0 Å². The lowest BCUT2D eigenvalue weighted by atomic mass is 9.92. The van der Waals surface area contributed by atoms with Crippen LogP contribution >= 0.6 is 0 Å². The van der Waals surface area contributed by atoms with Crippen molar-refractivity contribution in [1.29, 1.82) is 0 Å². The standard InChI is InChI=1S/C25H34N4O3/c1-17(2)16-29-24(31)21-7-5-4-6-20(21)22(26-29)25(32)28-14-10-19(11-15-28)23(30)27-12-8-18(3)9-13-27/h4-7,17-19H,8-16H2,1-3H3. The number of piperidine rings is 2. The molecule has 0 atom stereocenters. The average Bonchev–Trinajstić information content (AvgIpc) is 2.80. The molecule has 2 aliphatic rings. The smallest absolute Gasteiger partial charge is 0.274 e. The minimum absolute atomic E-state index is 0.00736. The van der Waals surface area contributed by atoms with Crippen molar-refractivity contribution < 1.29 is 9.59 Å². The first-order valence-electron chi connectivity index (χ1n) is 11.9. The maximum atomic E-state index is 13.4. The molecule has 2 aromatic rings. The molecule has 0 saturated carbocycles. The minimum atomic E-state index is -0.161. The van der Waals surface area contributed by atoms with E-state index in [1.165, 1.54) is 4.68 Å². The van der Waals surface area contributed by atoms with Crippen LogP contribution in [0.15, 0.2) is 29.1 Å². The number of nitrogens with zero attached hydrogens (tertiary/aromatic N) is 4. The molecule has 1 aromatic heterocycles. The first-order chi connectivity index (χ1) is 15.3. The van der Waals surface area contributed by atoms with Crippen LogP contribution in [0.1, 0.15) is 56.9 Å². The molecular formula is C25H34N4O3. The molecule has 2 saturated heterocycles. The Hall–Kier alpha value is -2.70. The van der Waals surface area contributed by atoms with Gasteiger partial charge < -0.3 is 9.80 Å². The Morgan fingerprint density at radius 1 is 0.969 bits per heavy atom. The molecule has 1 aromatic carbocycles.